The van der Waals surface area contributed by atoms with E-state index in [0.717, 1.165) is 11.4 Å². The molecule has 0 saturated carbocycles. The summed E-state index contributed by atoms with van der Waals surface area (Å²) in [7, 11) is 0. The van der Waals surface area contributed by atoms with Crippen molar-refractivity contribution in [2.24, 2.45) is 0 Å². The highest BCUT2D eigenvalue weighted by atomic mass is 35.5. The molecule has 0 fully saturated rings. The third kappa shape index (κ3) is 5.60. The van der Waals surface area contributed by atoms with Crippen LogP contribution < -0.4 is 5.32 Å². The van der Waals surface area contributed by atoms with Gasteiger partial charge in [-0.05, 0) is 29.6 Å². The second-order valence-corrected chi connectivity index (χ2v) is 10.2. The first kappa shape index (κ1) is 23.0. The minimum absolute atomic E-state index is 0.175. The first-order chi connectivity index (χ1) is 15.5. The van der Waals surface area contributed by atoms with Crippen LogP contribution in [-0.4, -0.2) is 31.4 Å². The number of hydrogen-bond donors (Lipinski definition) is 1. The van der Waals surface area contributed by atoms with Gasteiger partial charge in [-0.25, -0.2) is 4.98 Å². The molecule has 0 unspecified atom stereocenters. The minimum Gasteiger partial charge on any atom is -0.302 e. The van der Waals surface area contributed by atoms with E-state index in [1.165, 1.54) is 28.0 Å². The van der Waals surface area contributed by atoms with Gasteiger partial charge in [0.2, 0.25) is 5.91 Å². The molecule has 3 heterocycles. The molecule has 11 heteroatoms. The second kappa shape index (κ2) is 10.6. The highest BCUT2D eigenvalue weighted by molar-refractivity contribution is 7.99. The fourth-order valence-corrected chi connectivity index (χ4v) is 5.58. The molecule has 6 nitrogen and oxygen atoms in total. The summed E-state index contributed by atoms with van der Waals surface area (Å²) in [6, 6.07) is 9.31. The summed E-state index contributed by atoms with van der Waals surface area (Å²) in [6.07, 6.45) is 2.49. The summed E-state index contributed by atoms with van der Waals surface area (Å²) in [6.45, 7) is 4.40. The summed E-state index contributed by atoms with van der Waals surface area (Å²) >= 11 is 16.5. The van der Waals surface area contributed by atoms with Crippen LogP contribution in [0.25, 0.3) is 11.3 Å². The highest BCUT2D eigenvalue weighted by Gasteiger charge is 2.16. The van der Waals surface area contributed by atoms with Crippen molar-refractivity contribution >= 4 is 68.7 Å². The van der Waals surface area contributed by atoms with Gasteiger partial charge in [0.05, 0.1) is 16.5 Å². The third-order valence-electron chi connectivity index (χ3n) is 4.31. The summed E-state index contributed by atoms with van der Waals surface area (Å²) in [5.41, 5.74) is 1.45. The average molecular weight is 523 g/mol. The number of carbonyl (C=O) groups is 1. The Labute approximate surface area is 207 Å². The maximum absolute atomic E-state index is 12.5. The number of nitrogens with zero attached hydrogens (tertiary/aromatic N) is 4. The number of allylic oxidation sites excluding steroid dienone is 1. The predicted molar refractivity (Wildman–Crippen MR) is 134 cm³/mol. The van der Waals surface area contributed by atoms with Crippen LogP contribution in [0.2, 0.25) is 10.0 Å². The monoisotopic (exact) mass is 521 g/mol. The summed E-state index contributed by atoms with van der Waals surface area (Å²) in [4.78, 5) is 18.2. The fraction of sp³-hybridized carbons (Fsp3) is 0.143. The van der Waals surface area contributed by atoms with Crippen molar-refractivity contribution in [1.82, 2.24) is 19.7 Å². The van der Waals surface area contributed by atoms with Crippen LogP contribution in [0.1, 0.15) is 10.7 Å². The number of halogens is 2. The number of carbonyl (C=O) groups excluding carboxylic acids is 1. The number of benzene rings is 1. The lowest BCUT2D eigenvalue weighted by Crippen LogP contribution is -2.14. The first-order valence-electron chi connectivity index (χ1n) is 9.42. The van der Waals surface area contributed by atoms with Gasteiger partial charge in [0.15, 0.2) is 10.3 Å². The number of hydrogen-bond acceptors (Lipinski definition) is 7. The predicted octanol–water partition coefficient (Wildman–Crippen LogP) is 6.28. The van der Waals surface area contributed by atoms with Gasteiger partial charge in [0.1, 0.15) is 5.82 Å². The number of nitrogens with one attached hydrogen (secondary N) is 1. The Morgan fingerprint density at radius 2 is 2.12 bits per heavy atom. The van der Waals surface area contributed by atoms with Crippen LogP contribution in [-0.2, 0) is 17.8 Å². The summed E-state index contributed by atoms with van der Waals surface area (Å²) in [5.74, 6) is 0.857. The quantitative estimate of drug-likeness (QED) is 0.207. The molecule has 0 aliphatic rings. The molecule has 164 valence electrons. The largest absolute Gasteiger partial charge is 0.302 e. The highest BCUT2D eigenvalue weighted by Crippen LogP contribution is 2.32. The van der Waals surface area contributed by atoms with E-state index >= 15 is 0 Å². The number of aromatic nitrogens is 4. The Bertz CT molecular complexity index is 1240. The van der Waals surface area contributed by atoms with Crippen LogP contribution in [0, 0.1) is 0 Å². The van der Waals surface area contributed by atoms with E-state index in [4.69, 9.17) is 23.2 Å². The number of thioether (sulfide) groups is 1. The van der Waals surface area contributed by atoms with E-state index in [1.807, 2.05) is 21.4 Å². The molecule has 4 aromatic rings. The summed E-state index contributed by atoms with van der Waals surface area (Å²) in [5, 5.41) is 17.5. The average Bonchev–Trinajstić information content (AvgIpc) is 3.50. The zero-order valence-electron chi connectivity index (χ0n) is 16.6. The maximum atomic E-state index is 12.5. The molecule has 3 aromatic heterocycles. The lowest BCUT2D eigenvalue weighted by Gasteiger charge is -2.07. The molecule has 1 N–H and O–H groups in total. The molecule has 32 heavy (non-hydrogen) atoms. The van der Waals surface area contributed by atoms with Gasteiger partial charge in [0.25, 0.3) is 0 Å². The molecule has 0 spiro atoms. The Morgan fingerprint density at radius 1 is 1.25 bits per heavy atom. The smallest absolute Gasteiger partial charge is 0.236 e. The topological polar surface area (TPSA) is 72.7 Å². The van der Waals surface area contributed by atoms with Crippen molar-refractivity contribution in [2.45, 2.75) is 18.1 Å². The molecular weight excluding hydrogens is 505 g/mol. The second-order valence-electron chi connectivity index (χ2n) is 6.55. The maximum Gasteiger partial charge on any atom is 0.236 e. The molecular formula is C21H17Cl2N5OS3. The van der Waals surface area contributed by atoms with Crippen LogP contribution in [0.3, 0.4) is 0 Å². The van der Waals surface area contributed by atoms with Crippen molar-refractivity contribution < 1.29 is 4.79 Å². The Kier molecular flexibility index (Phi) is 7.64. The van der Waals surface area contributed by atoms with Crippen LogP contribution >= 0.6 is 57.6 Å². The van der Waals surface area contributed by atoms with Crippen LogP contribution in [0.15, 0.2) is 58.9 Å². The van der Waals surface area contributed by atoms with Crippen molar-refractivity contribution in [1.29, 1.82) is 0 Å². The van der Waals surface area contributed by atoms with E-state index in [0.29, 0.717) is 39.0 Å². The molecule has 0 saturated heterocycles. The number of thiazole rings is 1. The molecule has 0 bridgehead atoms. The molecule has 4 rings (SSSR count). The zero-order valence-corrected chi connectivity index (χ0v) is 20.6. The Balaban J connectivity index is 1.38. The van der Waals surface area contributed by atoms with Gasteiger partial charge >= 0.3 is 0 Å². The van der Waals surface area contributed by atoms with Gasteiger partial charge in [-0.3, -0.25) is 4.79 Å². The fourth-order valence-electron chi connectivity index (χ4n) is 2.88. The third-order valence-corrected chi connectivity index (χ3v) is 7.46. The van der Waals surface area contributed by atoms with E-state index < -0.39 is 0 Å². The molecule has 0 atom stereocenters. The molecule has 1 aromatic carbocycles. The first-order valence-corrected chi connectivity index (χ1v) is 12.9. The lowest BCUT2D eigenvalue weighted by atomic mass is 10.2. The normalized spacial score (nSPS) is 10.9. The lowest BCUT2D eigenvalue weighted by molar-refractivity contribution is -0.113. The van der Waals surface area contributed by atoms with E-state index in [2.05, 4.69) is 33.1 Å². The SMILES string of the molecule is C=CCn1c(Cc2cccs2)nnc1SCC(=O)Nc1nc(-c2ccc(Cl)cc2Cl)cs1. The Morgan fingerprint density at radius 3 is 2.88 bits per heavy atom. The zero-order chi connectivity index (χ0) is 22.5. The summed E-state index contributed by atoms with van der Waals surface area (Å²) < 4.78 is 1.98. The Hall–Kier alpha value is -2.17. The number of thiophene rings is 1. The van der Waals surface area contributed by atoms with Gasteiger partial charge in [-0.15, -0.1) is 39.4 Å². The molecule has 0 aliphatic carbocycles. The molecule has 0 radical (unpaired) electrons. The van der Waals surface area contributed by atoms with E-state index in [-0.39, 0.29) is 11.7 Å². The van der Waals surface area contributed by atoms with Crippen molar-refractivity contribution in [2.75, 3.05) is 11.1 Å². The number of rotatable bonds is 9. The van der Waals surface area contributed by atoms with Gasteiger partial charge in [-0.2, -0.15) is 0 Å². The van der Waals surface area contributed by atoms with Crippen molar-refractivity contribution in [3.8, 4) is 11.3 Å². The van der Waals surface area contributed by atoms with Gasteiger partial charge < -0.3 is 9.88 Å². The van der Waals surface area contributed by atoms with E-state index in [1.54, 1.807) is 35.6 Å². The number of amides is 1. The van der Waals surface area contributed by atoms with Crippen LogP contribution in [0.4, 0.5) is 5.13 Å². The van der Waals surface area contributed by atoms with Crippen molar-refractivity contribution in [3.63, 3.8) is 0 Å². The molecule has 0 aliphatic heterocycles. The number of anilines is 1. The minimum atomic E-state index is -0.175. The standard InChI is InChI=1S/C21H17Cl2N5OS3/c1-2-7-28-18(10-14-4-3-8-30-14)26-27-21(28)32-12-19(29)25-20-24-17(11-31-20)15-6-5-13(22)9-16(15)23/h2-6,8-9,11H,1,7,10,12H2,(H,24,25,29). The van der Waals surface area contributed by atoms with Gasteiger partial charge in [0, 0.05) is 33.8 Å². The van der Waals surface area contributed by atoms with Crippen molar-refractivity contribution in [3.05, 3.63) is 74.5 Å². The van der Waals surface area contributed by atoms with Crippen LogP contribution in [0.5, 0.6) is 0 Å². The van der Waals surface area contributed by atoms with E-state index in [9.17, 15) is 4.79 Å². The van der Waals surface area contributed by atoms with Gasteiger partial charge in [-0.1, -0.05) is 47.1 Å². The molecule has 1 amide bonds.